The van der Waals surface area contributed by atoms with Gasteiger partial charge in [0.25, 0.3) is 0 Å². The van der Waals surface area contributed by atoms with Crippen LogP contribution in [0.15, 0.2) is 12.1 Å². The predicted molar refractivity (Wildman–Crippen MR) is 70.5 cm³/mol. The van der Waals surface area contributed by atoms with E-state index >= 15 is 0 Å². The Kier molecular flexibility index (Phi) is 6.07. The first-order valence-electron chi connectivity index (χ1n) is 5.25. The molecule has 1 atom stereocenters. The number of thioether (sulfide) groups is 1. The molecule has 0 bridgehead atoms. The van der Waals surface area contributed by atoms with Crippen molar-refractivity contribution in [2.75, 3.05) is 5.75 Å². The fourth-order valence-corrected chi connectivity index (χ4v) is 3.37. The summed E-state index contributed by atoms with van der Waals surface area (Å²) in [6, 6.07) is 3.36. The molecule has 1 aromatic rings. The van der Waals surface area contributed by atoms with E-state index in [1.165, 1.54) is 21.5 Å². The number of carboxylic acids is 1. The van der Waals surface area contributed by atoms with Gasteiger partial charge in [-0.05, 0) is 18.6 Å². The summed E-state index contributed by atoms with van der Waals surface area (Å²) in [5, 5.41) is 11.1. The highest BCUT2D eigenvalue weighted by atomic mass is 32.2. The Balaban J connectivity index is 2.35. The zero-order valence-electron chi connectivity index (χ0n) is 9.51. The summed E-state index contributed by atoms with van der Waals surface area (Å²) in [5.41, 5.74) is 0. The first-order chi connectivity index (χ1) is 8.17. The van der Waals surface area contributed by atoms with Crippen LogP contribution in [0, 0.1) is 0 Å². The molecule has 0 fully saturated rings. The number of thiophene rings is 1. The van der Waals surface area contributed by atoms with Crippen molar-refractivity contribution in [1.82, 2.24) is 5.32 Å². The van der Waals surface area contributed by atoms with Gasteiger partial charge in [0.05, 0.1) is 0 Å². The Hall–Kier alpha value is -1.01. The van der Waals surface area contributed by atoms with Crippen LogP contribution in [0.1, 0.15) is 16.7 Å². The molecule has 94 valence electrons. The number of carboxylic acid groups (broad SMARTS) is 1. The quantitative estimate of drug-likeness (QED) is 0.708. The van der Waals surface area contributed by atoms with Gasteiger partial charge < -0.3 is 10.4 Å². The molecule has 17 heavy (non-hydrogen) atoms. The molecule has 1 unspecified atom stereocenters. The molecule has 0 aliphatic carbocycles. The maximum absolute atomic E-state index is 10.8. The lowest BCUT2D eigenvalue weighted by molar-refractivity contribution is -0.139. The van der Waals surface area contributed by atoms with Crippen molar-refractivity contribution in [3.8, 4) is 0 Å². The van der Waals surface area contributed by atoms with Crippen LogP contribution in [0.4, 0.5) is 0 Å². The molecule has 0 saturated carbocycles. The molecule has 1 aromatic heterocycles. The van der Waals surface area contributed by atoms with Gasteiger partial charge in [-0.3, -0.25) is 4.79 Å². The Morgan fingerprint density at radius 2 is 2.29 bits per heavy atom. The monoisotopic (exact) mass is 273 g/mol. The zero-order chi connectivity index (χ0) is 12.7. The molecule has 0 saturated heterocycles. The van der Waals surface area contributed by atoms with Crippen molar-refractivity contribution < 1.29 is 14.7 Å². The normalized spacial score (nSPS) is 12.1. The Labute approximate surface area is 108 Å². The third-order valence-electron chi connectivity index (χ3n) is 2.16. The van der Waals surface area contributed by atoms with Crippen molar-refractivity contribution in [2.24, 2.45) is 0 Å². The number of amides is 1. The summed E-state index contributed by atoms with van der Waals surface area (Å²) < 4.78 is 0. The van der Waals surface area contributed by atoms with E-state index in [2.05, 4.69) is 24.4 Å². The van der Waals surface area contributed by atoms with Gasteiger partial charge in [-0.1, -0.05) is 6.92 Å². The lowest BCUT2D eigenvalue weighted by Crippen LogP contribution is -2.37. The number of rotatable bonds is 8. The van der Waals surface area contributed by atoms with Gasteiger partial charge in [0, 0.05) is 21.3 Å². The third kappa shape index (κ3) is 4.79. The van der Waals surface area contributed by atoms with Gasteiger partial charge in [0.15, 0.2) is 0 Å². The van der Waals surface area contributed by atoms with Crippen molar-refractivity contribution in [1.29, 1.82) is 0 Å². The zero-order valence-corrected chi connectivity index (χ0v) is 11.1. The molecular formula is C11H15NO3S2. The SMILES string of the molecule is CCc1ccc(CSCC(NC=O)C(=O)O)s1. The van der Waals surface area contributed by atoms with E-state index in [0.29, 0.717) is 12.2 Å². The van der Waals surface area contributed by atoms with Crippen LogP contribution in [-0.2, 0) is 21.8 Å². The minimum Gasteiger partial charge on any atom is -0.480 e. The Bertz CT molecular complexity index is 379. The maximum atomic E-state index is 10.8. The van der Waals surface area contributed by atoms with Crippen LogP contribution in [-0.4, -0.2) is 29.3 Å². The van der Waals surface area contributed by atoms with Crippen LogP contribution in [0.5, 0.6) is 0 Å². The Morgan fingerprint density at radius 1 is 1.59 bits per heavy atom. The first-order valence-corrected chi connectivity index (χ1v) is 7.22. The van der Waals surface area contributed by atoms with E-state index in [4.69, 9.17) is 5.11 Å². The summed E-state index contributed by atoms with van der Waals surface area (Å²) in [5.74, 6) is 0.174. The highest BCUT2D eigenvalue weighted by Crippen LogP contribution is 2.22. The highest BCUT2D eigenvalue weighted by Gasteiger charge is 2.15. The number of aryl methyl sites for hydroxylation is 1. The molecule has 0 aliphatic rings. The second kappa shape index (κ2) is 7.34. The smallest absolute Gasteiger partial charge is 0.327 e. The number of carbonyl (C=O) groups is 2. The first kappa shape index (κ1) is 14.1. The largest absolute Gasteiger partial charge is 0.480 e. The average molecular weight is 273 g/mol. The number of hydrogen-bond acceptors (Lipinski definition) is 4. The number of nitrogens with one attached hydrogen (secondary N) is 1. The fraction of sp³-hybridized carbons (Fsp3) is 0.455. The molecule has 2 N–H and O–H groups in total. The van der Waals surface area contributed by atoms with Gasteiger partial charge in [0.1, 0.15) is 6.04 Å². The number of aliphatic carboxylic acids is 1. The molecule has 0 spiro atoms. The Morgan fingerprint density at radius 3 is 2.82 bits per heavy atom. The molecule has 1 rings (SSSR count). The average Bonchev–Trinajstić information content (AvgIpc) is 2.75. The van der Waals surface area contributed by atoms with Crippen LogP contribution in [0.3, 0.4) is 0 Å². The minimum absolute atomic E-state index is 0.382. The van der Waals surface area contributed by atoms with E-state index in [-0.39, 0.29) is 0 Å². The van der Waals surface area contributed by atoms with E-state index < -0.39 is 12.0 Å². The van der Waals surface area contributed by atoms with Gasteiger partial charge in [-0.15, -0.1) is 11.3 Å². The van der Waals surface area contributed by atoms with E-state index in [0.717, 1.165) is 12.2 Å². The topological polar surface area (TPSA) is 66.4 Å². The summed E-state index contributed by atoms with van der Waals surface area (Å²) in [6.45, 7) is 2.11. The molecule has 6 heteroatoms. The van der Waals surface area contributed by atoms with Gasteiger partial charge in [-0.2, -0.15) is 11.8 Å². The minimum atomic E-state index is -0.995. The maximum Gasteiger partial charge on any atom is 0.327 e. The van der Waals surface area contributed by atoms with Crippen molar-refractivity contribution in [2.45, 2.75) is 25.1 Å². The standard InChI is InChI=1S/C11H15NO3S2/c1-2-8-3-4-9(17-8)5-16-6-10(11(14)15)12-7-13/h3-4,7,10H,2,5-6H2,1H3,(H,12,13)(H,14,15). The van der Waals surface area contributed by atoms with E-state index in [1.54, 1.807) is 11.3 Å². The summed E-state index contributed by atoms with van der Waals surface area (Å²) in [4.78, 5) is 23.5. The second-order valence-corrected chi connectivity index (χ2v) is 5.70. The summed E-state index contributed by atoms with van der Waals surface area (Å²) in [7, 11) is 0. The van der Waals surface area contributed by atoms with Crippen molar-refractivity contribution in [3.63, 3.8) is 0 Å². The molecule has 0 aliphatic heterocycles. The van der Waals surface area contributed by atoms with Crippen molar-refractivity contribution >= 4 is 35.5 Å². The van der Waals surface area contributed by atoms with Gasteiger partial charge in [-0.25, -0.2) is 4.79 Å². The van der Waals surface area contributed by atoms with Gasteiger partial charge in [0.2, 0.25) is 6.41 Å². The fourth-order valence-electron chi connectivity index (χ4n) is 1.24. The van der Waals surface area contributed by atoms with Crippen LogP contribution >= 0.6 is 23.1 Å². The predicted octanol–water partition coefficient (Wildman–Crippen LogP) is 1.74. The molecule has 0 aromatic carbocycles. The van der Waals surface area contributed by atoms with Crippen LogP contribution < -0.4 is 5.32 Å². The van der Waals surface area contributed by atoms with E-state index in [1.807, 2.05) is 0 Å². The van der Waals surface area contributed by atoms with Crippen molar-refractivity contribution in [3.05, 3.63) is 21.9 Å². The molecule has 0 radical (unpaired) electrons. The third-order valence-corrected chi connectivity index (χ3v) is 4.66. The van der Waals surface area contributed by atoms with Crippen LogP contribution in [0.25, 0.3) is 0 Å². The lowest BCUT2D eigenvalue weighted by Gasteiger charge is -2.09. The molecular weight excluding hydrogens is 258 g/mol. The number of carbonyl (C=O) groups excluding carboxylic acids is 1. The lowest BCUT2D eigenvalue weighted by atomic mass is 10.3. The summed E-state index contributed by atoms with van der Waals surface area (Å²) in [6.07, 6.45) is 1.46. The highest BCUT2D eigenvalue weighted by molar-refractivity contribution is 7.98. The van der Waals surface area contributed by atoms with Gasteiger partial charge >= 0.3 is 5.97 Å². The molecule has 1 amide bonds. The molecule has 4 nitrogen and oxygen atoms in total. The number of hydrogen-bond donors (Lipinski definition) is 2. The summed E-state index contributed by atoms with van der Waals surface area (Å²) >= 11 is 3.26. The van der Waals surface area contributed by atoms with E-state index in [9.17, 15) is 9.59 Å². The molecule has 1 heterocycles. The van der Waals surface area contributed by atoms with Crippen LogP contribution in [0.2, 0.25) is 0 Å². The second-order valence-electron chi connectivity index (χ2n) is 3.41.